The number of rotatable bonds is 6. The van der Waals surface area contributed by atoms with Crippen LogP contribution >= 0.6 is 15.9 Å². The summed E-state index contributed by atoms with van der Waals surface area (Å²) >= 11 is 3.63. The second-order valence-corrected chi connectivity index (χ2v) is 9.61. The predicted molar refractivity (Wildman–Crippen MR) is 110 cm³/mol. The SMILES string of the molecule is CCCCC1CCC(C(=O)N2CCc3cc(CC(C)Br)ccc32)CC1. The molecule has 1 fully saturated rings. The number of hydrogen-bond acceptors (Lipinski definition) is 1. The number of nitrogens with zero attached hydrogens (tertiary/aromatic N) is 1. The number of anilines is 1. The van der Waals surface area contributed by atoms with Crippen molar-refractivity contribution in [3.05, 3.63) is 29.3 Å². The van der Waals surface area contributed by atoms with Crippen LogP contribution in [0.1, 0.15) is 69.9 Å². The fraction of sp³-hybridized carbons (Fsp3) is 0.682. The maximum atomic E-state index is 13.1. The Balaban J connectivity index is 1.60. The minimum atomic E-state index is 0.256. The minimum absolute atomic E-state index is 0.256. The van der Waals surface area contributed by atoms with Crippen LogP contribution in [-0.2, 0) is 17.6 Å². The third kappa shape index (κ3) is 4.67. The Morgan fingerprint density at radius 3 is 2.72 bits per heavy atom. The van der Waals surface area contributed by atoms with Crippen LogP contribution in [0.15, 0.2) is 18.2 Å². The molecule has 2 aliphatic rings. The Hall–Kier alpha value is -0.830. The van der Waals surface area contributed by atoms with E-state index in [2.05, 4.69) is 52.9 Å². The molecular weight excluding hydrogens is 374 g/mol. The van der Waals surface area contributed by atoms with Gasteiger partial charge in [-0.15, -0.1) is 0 Å². The van der Waals surface area contributed by atoms with Gasteiger partial charge in [-0.2, -0.15) is 0 Å². The van der Waals surface area contributed by atoms with Crippen LogP contribution in [0.4, 0.5) is 5.69 Å². The molecule has 1 aliphatic carbocycles. The van der Waals surface area contributed by atoms with Crippen molar-refractivity contribution in [1.29, 1.82) is 0 Å². The third-order valence-corrected chi connectivity index (χ3v) is 6.31. The summed E-state index contributed by atoms with van der Waals surface area (Å²) in [5, 5.41) is 0. The normalized spacial score (nSPS) is 24.2. The first-order valence-corrected chi connectivity index (χ1v) is 11.1. The zero-order valence-electron chi connectivity index (χ0n) is 15.8. The van der Waals surface area contributed by atoms with Crippen LogP contribution in [0.25, 0.3) is 0 Å². The van der Waals surface area contributed by atoms with E-state index in [9.17, 15) is 4.79 Å². The Labute approximate surface area is 161 Å². The smallest absolute Gasteiger partial charge is 0.230 e. The van der Waals surface area contributed by atoms with Gasteiger partial charge < -0.3 is 4.90 Å². The molecule has 0 saturated heterocycles. The monoisotopic (exact) mass is 405 g/mol. The second-order valence-electron chi connectivity index (χ2n) is 8.05. The van der Waals surface area contributed by atoms with Crippen molar-refractivity contribution in [3.63, 3.8) is 0 Å². The lowest BCUT2D eigenvalue weighted by molar-refractivity contribution is -0.123. The largest absolute Gasteiger partial charge is 0.312 e. The third-order valence-electron chi connectivity index (χ3n) is 5.98. The maximum absolute atomic E-state index is 13.1. The van der Waals surface area contributed by atoms with Crippen molar-refractivity contribution in [2.75, 3.05) is 11.4 Å². The number of carbonyl (C=O) groups excluding carboxylic acids is 1. The molecule has 1 atom stereocenters. The molecule has 0 aromatic heterocycles. The van der Waals surface area contributed by atoms with E-state index in [1.807, 2.05) is 0 Å². The highest BCUT2D eigenvalue weighted by atomic mass is 79.9. The lowest BCUT2D eigenvalue weighted by Gasteiger charge is -2.30. The van der Waals surface area contributed by atoms with Gasteiger partial charge in [-0.3, -0.25) is 4.79 Å². The summed E-state index contributed by atoms with van der Waals surface area (Å²) in [6, 6.07) is 6.68. The van der Waals surface area contributed by atoms with E-state index in [0.29, 0.717) is 10.7 Å². The maximum Gasteiger partial charge on any atom is 0.230 e. The van der Waals surface area contributed by atoms with Crippen LogP contribution in [0.2, 0.25) is 0 Å². The molecule has 0 bridgehead atoms. The first kappa shape index (κ1) is 18.9. The van der Waals surface area contributed by atoms with Gasteiger partial charge in [-0.25, -0.2) is 0 Å². The van der Waals surface area contributed by atoms with Gasteiger partial charge in [0.1, 0.15) is 0 Å². The van der Waals surface area contributed by atoms with Crippen LogP contribution in [0, 0.1) is 11.8 Å². The van der Waals surface area contributed by atoms with E-state index in [0.717, 1.165) is 38.1 Å². The highest BCUT2D eigenvalue weighted by Gasteiger charge is 2.32. The number of carbonyl (C=O) groups is 1. The number of amides is 1. The van der Waals surface area contributed by atoms with E-state index in [1.54, 1.807) is 0 Å². The van der Waals surface area contributed by atoms with E-state index in [4.69, 9.17) is 0 Å². The molecule has 0 spiro atoms. The number of halogens is 1. The van der Waals surface area contributed by atoms with Gasteiger partial charge in [0, 0.05) is 23.0 Å². The summed E-state index contributed by atoms with van der Waals surface area (Å²) in [6.07, 6.45) is 10.7. The van der Waals surface area contributed by atoms with Crippen molar-refractivity contribution < 1.29 is 4.79 Å². The molecule has 25 heavy (non-hydrogen) atoms. The molecule has 1 amide bonds. The molecule has 0 radical (unpaired) electrons. The molecule has 0 N–H and O–H groups in total. The first-order chi connectivity index (χ1) is 12.1. The summed E-state index contributed by atoms with van der Waals surface area (Å²) in [5.41, 5.74) is 3.90. The fourth-order valence-corrected chi connectivity index (χ4v) is 4.92. The van der Waals surface area contributed by atoms with Gasteiger partial charge in [0.15, 0.2) is 0 Å². The number of hydrogen-bond donors (Lipinski definition) is 0. The molecule has 1 unspecified atom stereocenters. The summed E-state index contributed by atoms with van der Waals surface area (Å²) in [4.78, 5) is 15.6. The number of unbranched alkanes of at least 4 members (excludes halogenated alkanes) is 1. The van der Waals surface area contributed by atoms with Gasteiger partial charge in [-0.05, 0) is 61.6 Å². The van der Waals surface area contributed by atoms with Crippen molar-refractivity contribution in [3.8, 4) is 0 Å². The summed E-state index contributed by atoms with van der Waals surface area (Å²) in [7, 11) is 0. The van der Waals surface area contributed by atoms with Gasteiger partial charge in [0.05, 0.1) is 0 Å². The van der Waals surface area contributed by atoms with Crippen LogP contribution in [-0.4, -0.2) is 17.3 Å². The molecule has 1 saturated carbocycles. The van der Waals surface area contributed by atoms with Crippen LogP contribution in [0.5, 0.6) is 0 Å². The molecule has 2 nitrogen and oxygen atoms in total. The number of fused-ring (bicyclic) bond motifs is 1. The van der Waals surface area contributed by atoms with Crippen molar-refractivity contribution in [1.82, 2.24) is 0 Å². The van der Waals surface area contributed by atoms with E-state index >= 15 is 0 Å². The van der Waals surface area contributed by atoms with E-state index in [-0.39, 0.29) is 5.92 Å². The highest BCUT2D eigenvalue weighted by Crippen LogP contribution is 2.36. The number of alkyl halides is 1. The van der Waals surface area contributed by atoms with Crippen molar-refractivity contribution in [2.24, 2.45) is 11.8 Å². The predicted octanol–water partition coefficient (Wildman–Crippen LogP) is 5.90. The molecule has 3 heteroatoms. The standard InChI is InChI=1S/C22H32BrNO/c1-3-4-5-17-6-9-19(10-7-17)22(25)24-13-12-20-15-18(14-16(2)23)8-11-21(20)24/h8,11,15-17,19H,3-7,9-10,12-14H2,1-2H3. The van der Waals surface area contributed by atoms with E-state index < -0.39 is 0 Å². The zero-order valence-corrected chi connectivity index (χ0v) is 17.4. The average molecular weight is 406 g/mol. The Morgan fingerprint density at radius 2 is 2.04 bits per heavy atom. The second kappa shape index (κ2) is 8.70. The lowest BCUT2D eigenvalue weighted by Crippen LogP contribution is -2.36. The molecule has 1 aromatic rings. The van der Waals surface area contributed by atoms with Gasteiger partial charge in [0.2, 0.25) is 5.91 Å². The Morgan fingerprint density at radius 1 is 1.28 bits per heavy atom. The number of benzene rings is 1. The Kier molecular flexibility index (Phi) is 6.60. The Bertz CT molecular complexity index is 590. The topological polar surface area (TPSA) is 20.3 Å². The lowest BCUT2D eigenvalue weighted by atomic mass is 9.79. The average Bonchev–Trinajstić information content (AvgIpc) is 3.02. The molecule has 1 aromatic carbocycles. The van der Waals surface area contributed by atoms with E-state index in [1.165, 1.54) is 48.9 Å². The quantitative estimate of drug-likeness (QED) is 0.539. The summed E-state index contributed by atoms with van der Waals surface area (Å²) in [6.45, 7) is 5.32. The summed E-state index contributed by atoms with van der Waals surface area (Å²) in [5.74, 6) is 1.50. The van der Waals surface area contributed by atoms with Crippen molar-refractivity contribution in [2.45, 2.75) is 76.5 Å². The minimum Gasteiger partial charge on any atom is -0.312 e. The zero-order chi connectivity index (χ0) is 17.8. The van der Waals surface area contributed by atoms with Gasteiger partial charge in [-0.1, -0.05) is 61.2 Å². The summed E-state index contributed by atoms with van der Waals surface area (Å²) < 4.78 is 0. The molecule has 138 valence electrons. The molecule has 1 aliphatic heterocycles. The molecular formula is C22H32BrNO. The highest BCUT2D eigenvalue weighted by molar-refractivity contribution is 9.09. The first-order valence-electron chi connectivity index (χ1n) is 10.2. The molecule has 1 heterocycles. The fourth-order valence-electron chi connectivity index (χ4n) is 4.55. The van der Waals surface area contributed by atoms with Crippen LogP contribution < -0.4 is 4.90 Å². The van der Waals surface area contributed by atoms with Gasteiger partial charge in [0.25, 0.3) is 0 Å². The van der Waals surface area contributed by atoms with Crippen LogP contribution in [0.3, 0.4) is 0 Å². The van der Waals surface area contributed by atoms with Gasteiger partial charge >= 0.3 is 0 Å². The molecule has 3 rings (SSSR count). The van der Waals surface area contributed by atoms with Crippen molar-refractivity contribution >= 4 is 27.5 Å².